The first-order valence-electron chi connectivity index (χ1n) is 7.77. The molecule has 2 aromatic rings. The second-order valence-electron chi connectivity index (χ2n) is 5.43. The molecule has 0 saturated carbocycles. The standard InChI is InChI=1S/C16H16F4N4O2S/c1-3-8-21-27(25,26)11-6-4-10(5-7-11)9(2)23-24-14-12(17)15(19)22-16(20)13(14)18/h4-7,21H,3,8H2,1-2H3,(H,22,24)/b23-9-. The average Bonchev–Trinajstić information content (AvgIpc) is 2.64. The van der Waals surface area contributed by atoms with E-state index in [0.717, 1.165) is 0 Å². The van der Waals surface area contributed by atoms with Crippen LogP contribution in [0.3, 0.4) is 0 Å². The monoisotopic (exact) mass is 404 g/mol. The summed E-state index contributed by atoms with van der Waals surface area (Å²) in [5, 5.41) is 3.67. The van der Waals surface area contributed by atoms with Gasteiger partial charge in [-0.15, -0.1) is 0 Å². The van der Waals surface area contributed by atoms with Crippen molar-refractivity contribution < 1.29 is 26.0 Å². The number of anilines is 1. The van der Waals surface area contributed by atoms with Gasteiger partial charge in [-0.25, -0.2) is 13.1 Å². The maximum absolute atomic E-state index is 13.5. The largest absolute Gasteiger partial charge is 0.272 e. The van der Waals surface area contributed by atoms with Gasteiger partial charge in [0.25, 0.3) is 11.9 Å². The van der Waals surface area contributed by atoms with Gasteiger partial charge in [0, 0.05) is 6.54 Å². The molecule has 27 heavy (non-hydrogen) atoms. The zero-order valence-electron chi connectivity index (χ0n) is 14.4. The molecule has 2 rings (SSSR count). The summed E-state index contributed by atoms with van der Waals surface area (Å²) >= 11 is 0. The molecule has 0 saturated heterocycles. The smallest absolute Gasteiger partial charge is 0.254 e. The summed E-state index contributed by atoms with van der Waals surface area (Å²) in [6, 6.07) is 5.53. The predicted octanol–water partition coefficient (Wildman–Crippen LogP) is 3.16. The van der Waals surface area contributed by atoms with Crippen LogP contribution in [0.1, 0.15) is 25.8 Å². The molecule has 1 aromatic carbocycles. The Morgan fingerprint density at radius 2 is 1.63 bits per heavy atom. The van der Waals surface area contributed by atoms with Gasteiger partial charge >= 0.3 is 0 Å². The van der Waals surface area contributed by atoms with Crippen molar-refractivity contribution in [3.8, 4) is 0 Å². The second kappa shape index (κ2) is 8.44. The summed E-state index contributed by atoms with van der Waals surface area (Å²) in [6.45, 7) is 3.57. The van der Waals surface area contributed by atoms with Crippen molar-refractivity contribution in [3.05, 3.63) is 53.4 Å². The fraction of sp³-hybridized carbons (Fsp3) is 0.250. The number of nitrogens with zero attached hydrogens (tertiary/aromatic N) is 2. The first-order valence-corrected chi connectivity index (χ1v) is 9.26. The zero-order valence-corrected chi connectivity index (χ0v) is 15.2. The molecule has 1 heterocycles. The minimum absolute atomic E-state index is 0.0378. The highest BCUT2D eigenvalue weighted by Crippen LogP contribution is 2.22. The van der Waals surface area contributed by atoms with Crippen molar-refractivity contribution >= 4 is 21.4 Å². The summed E-state index contributed by atoms with van der Waals surface area (Å²) in [5.74, 6) is -7.04. The van der Waals surface area contributed by atoms with Crippen LogP contribution in [0, 0.1) is 23.5 Å². The van der Waals surface area contributed by atoms with Crippen molar-refractivity contribution in [1.29, 1.82) is 0 Å². The molecule has 6 nitrogen and oxygen atoms in total. The summed E-state index contributed by atoms with van der Waals surface area (Å²) in [4.78, 5) is 2.48. The molecule has 0 aliphatic carbocycles. The number of sulfonamides is 1. The fourth-order valence-corrected chi connectivity index (χ4v) is 3.12. The van der Waals surface area contributed by atoms with E-state index in [0.29, 0.717) is 18.5 Å². The van der Waals surface area contributed by atoms with E-state index >= 15 is 0 Å². The molecule has 0 unspecified atom stereocenters. The van der Waals surface area contributed by atoms with Crippen molar-refractivity contribution in [3.63, 3.8) is 0 Å². The van der Waals surface area contributed by atoms with Crippen LogP contribution in [0.15, 0.2) is 34.3 Å². The van der Waals surface area contributed by atoms with Crippen molar-refractivity contribution in [2.75, 3.05) is 12.0 Å². The van der Waals surface area contributed by atoms with Gasteiger partial charge in [-0.2, -0.15) is 27.6 Å². The number of benzene rings is 1. The van der Waals surface area contributed by atoms with Gasteiger partial charge in [0.1, 0.15) is 5.69 Å². The van der Waals surface area contributed by atoms with Gasteiger partial charge in [-0.3, -0.25) is 5.43 Å². The number of hydrogen-bond acceptors (Lipinski definition) is 5. The van der Waals surface area contributed by atoms with E-state index in [1.807, 2.05) is 12.3 Å². The van der Waals surface area contributed by atoms with Gasteiger partial charge in [0.15, 0.2) is 0 Å². The summed E-state index contributed by atoms with van der Waals surface area (Å²) in [5.41, 5.74) is 1.41. The molecule has 1 aromatic heterocycles. The lowest BCUT2D eigenvalue weighted by atomic mass is 10.1. The lowest BCUT2D eigenvalue weighted by molar-refractivity contribution is 0.411. The van der Waals surface area contributed by atoms with E-state index in [-0.39, 0.29) is 10.6 Å². The number of aromatic nitrogens is 1. The number of rotatable bonds is 7. The molecule has 0 amide bonds. The van der Waals surface area contributed by atoms with Crippen molar-refractivity contribution in [2.45, 2.75) is 25.2 Å². The number of hydrogen-bond donors (Lipinski definition) is 2. The second-order valence-corrected chi connectivity index (χ2v) is 7.19. The van der Waals surface area contributed by atoms with Gasteiger partial charge in [-0.1, -0.05) is 19.1 Å². The zero-order chi connectivity index (χ0) is 20.2. The quantitative estimate of drug-likeness (QED) is 0.321. The Balaban J connectivity index is 2.23. The highest BCUT2D eigenvalue weighted by atomic mass is 32.2. The molecule has 0 fully saturated rings. The molecular formula is C16H16F4N4O2S. The van der Waals surface area contributed by atoms with E-state index < -0.39 is 39.2 Å². The Hall–Kier alpha value is -2.53. The van der Waals surface area contributed by atoms with Crippen LogP contribution in [-0.4, -0.2) is 25.7 Å². The molecule has 0 atom stereocenters. The normalized spacial score (nSPS) is 12.3. The fourth-order valence-electron chi connectivity index (χ4n) is 1.98. The summed E-state index contributed by atoms with van der Waals surface area (Å²) in [6.07, 6.45) is 0.637. The number of pyridine rings is 1. The third-order valence-electron chi connectivity index (χ3n) is 3.46. The lowest BCUT2D eigenvalue weighted by Gasteiger charge is -2.08. The summed E-state index contributed by atoms with van der Waals surface area (Å²) in [7, 11) is -3.64. The highest BCUT2D eigenvalue weighted by molar-refractivity contribution is 7.89. The first kappa shape index (κ1) is 20.8. The molecule has 0 bridgehead atoms. The maximum atomic E-state index is 13.5. The molecular weight excluding hydrogens is 388 g/mol. The summed E-state index contributed by atoms with van der Waals surface area (Å²) < 4.78 is 79.6. The molecule has 0 radical (unpaired) electrons. The van der Waals surface area contributed by atoms with Crippen molar-refractivity contribution in [2.24, 2.45) is 5.10 Å². The van der Waals surface area contributed by atoms with Gasteiger partial charge in [0.2, 0.25) is 21.7 Å². The Bertz CT molecular complexity index is 937. The van der Waals surface area contributed by atoms with E-state index in [1.165, 1.54) is 31.2 Å². The number of halogens is 4. The van der Waals surface area contributed by atoms with Gasteiger partial charge < -0.3 is 0 Å². The van der Waals surface area contributed by atoms with E-state index in [1.54, 1.807) is 0 Å². The minimum atomic E-state index is -3.64. The maximum Gasteiger partial charge on any atom is 0.254 e. The SMILES string of the molecule is CCCNS(=O)(=O)c1ccc(/C(C)=N\Nc2c(F)c(F)nc(F)c2F)cc1. The Morgan fingerprint density at radius 1 is 1.07 bits per heavy atom. The van der Waals surface area contributed by atoms with E-state index in [2.05, 4.69) is 14.8 Å². The van der Waals surface area contributed by atoms with E-state index in [4.69, 9.17) is 0 Å². The molecule has 0 aliphatic heterocycles. The third kappa shape index (κ3) is 4.80. The molecule has 0 aliphatic rings. The van der Waals surface area contributed by atoms with Crippen LogP contribution in [0.2, 0.25) is 0 Å². The van der Waals surface area contributed by atoms with Gasteiger partial charge in [-0.05, 0) is 31.0 Å². The molecule has 2 N–H and O–H groups in total. The average molecular weight is 404 g/mol. The van der Waals surface area contributed by atoms with E-state index in [9.17, 15) is 26.0 Å². The van der Waals surface area contributed by atoms with Crippen molar-refractivity contribution in [1.82, 2.24) is 9.71 Å². The topological polar surface area (TPSA) is 83.5 Å². The first-order chi connectivity index (χ1) is 12.7. The third-order valence-corrected chi connectivity index (χ3v) is 4.93. The lowest BCUT2D eigenvalue weighted by Crippen LogP contribution is -2.24. The van der Waals surface area contributed by atoms with Crippen LogP contribution in [0.4, 0.5) is 23.2 Å². The predicted molar refractivity (Wildman–Crippen MR) is 91.8 cm³/mol. The van der Waals surface area contributed by atoms with Gasteiger partial charge in [0.05, 0.1) is 10.6 Å². The van der Waals surface area contributed by atoms with Crippen LogP contribution in [0.5, 0.6) is 0 Å². The molecule has 146 valence electrons. The molecule has 0 spiro atoms. The highest BCUT2D eigenvalue weighted by Gasteiger charge is 2.20. The van der Waals surface area contributed by atoms with Crippen LogP contribution < -0.4 is 10.1 Å². The number of hydrazone groups is 1. The Morgan fingerprint density at radius 3 is 2.15 bits per heavy atom. The van der Waals surface area contributed by atoms with Crippen LogP contribution in [-0.2, 0) is 10.0 Å². The van der Waals surface area contributed by atoms with Crippen LogP contribution in [0.25, 0.3) is 0 Å². The Kier molecular flexibility index (Phi) is 6.50. The molecule has 11 heteroatoms. The Labute approximate surface area is 153 Å². The van der Waals surface area contributed by atoms with Crippen LogP contribution >= 0.6 is 0 Å². The number of nitrogens with one attached hydrogen (secondary N) is 2. The minimum Gasteiger partial charge on any atom is -0.272 e.